The number of rotatable bonds is 6. The van der Waals surface area contributed by atoms with Crippen molar-refractivity contribution in [3.05, 3.63) is 24.3 Å². The van der Waals surface area contributed by atoms with Crippen LogP contribution in [0.5, 0.6) is 5.75 Å². The zero-order valence-corrected chi connectivity index (χ0v) is 10.5. The monoisotopic (exact) mass is 251 g/mol. The van der Waals surface area contributed by atoms with Crippen molar-refractivity contribution in [1.82, 2.24) is 0 Å². The summed E-state index contributed by atoms with van der Waals surface area (Å²) in [5, 5.41) is 11.2. The number of carboxylic acid groups (broad SMARTS) is 1. The summed E-state index contributed by atoms with van der Waals surface area (Å²) in [5.74, 6) is -0.299. The molecule has 0 fully saturated rings. The molecule has 0 aromatic heterocycles. The summed E-state index contributed by atoms with van der Waals surface area (Å²) in [7, 11) is 0. The number of carbonyl (C=O) groups excluding carboxylic acids is 1. The molecule has 98 valence electrons. The molecule has 0 radical (unpaired) electrons. The number of carbonyl (C=O) groups is 2. The molecule has 1 rings (SSSR count). The van der Waals surface area contributed by atoms with Gasteiger partial charge in [0.25, 0.3) is 0 Å². The topological polar surface area (TPSA) is 75.6 Å². The maximum Gasteiger partial charge on any atom is 0.303 e. The predicted octanol–water partition coefficient (Wildman–Crippen LogP) is 2.28. The van der Waals surface area contributed by atoms with E-state index in [4.69, 9.17) is 9.84 Å². The van der Waals surface area contributed by atoms with Gasteiger partial charge in [0.15, 0.2) is 0 Å². The van der Waals surface area contributed by atoms with Crippen LogP contribution >= 0.6 is 0 Å². The van der Waals surface area contributed by atoms with E-state index in [1.54, 1.807) is 24.3 Å². The van der Waals surface area contributed by atoms with Crippen LogP contribution in [-0.2, 0) is 9.59 Å². The summed E-state index contributed by atoms with van der Waals surface area (Å²) >= 11 is 0. The largest absolute Gasteiger partial charge is 0.491 e. The van der Waals surface area contributed by atoms with E-state index in [0.717, 1.165) is 0 Å². The van der Waals surface area contributed by atoms with E-state index in [2.05, 4.69) is 5.32 Å². The minimum atomic E-state index is -0.827. The highest BCUT2D eigenvalue weighted by Crippen LogP contribution is 2.18. The standard InChI is InChI=1S/C13H17NO4/c1-9(3-8-13(16)17)18-12-6-4-11(5-7-12)14-10(2)15/h4-7,9H,3,8H2,1-2H3,(H,14,15)(H,16,17). The fourth-order valence-electron chi connectivity index (χ4n) is 1.44. The third-order valence-electron chi connectivity index (χ3n) is 2.28. The Hall–Kier alpha value is -2.04. The van der Waals surface area contributed by atoms with Gasteiger partial charge in [0, 0.05) is 19.0 Å². The molecule has 1 atom stereocenters. The maximum absolute atomic E-state index is 10.8. The van der Waals surface area contributed by atoms with E-state index in [9.17, 15) is 9.59 Å². The first kappa shape index (κ1) is 14.0. The van der Waals surface area contributed by atoms with Crippen LogP contribution in [-0.4, -0.2) is 23.1 Å². The van der Waals surface area contributed by atoms with Gasteiger partial charge in [-0.25, -0.2) is 0 Å². The summed E-state index contributed by atoms with van der Waals surface area (Å²) < 4.78 is 5.55. The second-order valence-electron chi connectivity index (χ2n) is 4.07. The Morgan fingerprint density at radius 2 is 1.94 bits per heavy atom. The molecule has 0 saturated carbocycles. The number of carboxylic acids is 1. The Labute approximate surface area is 106 Å². The SMILES string of the molecule is CC(=O)Nc1ccc(OC(C)CCC(=O)O)cc1. The summed E-state index contributed by atoms with van der Waals surface area (Å²) in [5.41, 5.74) is 0.702. The van der Waals surface area contributed by atoms with E-state index in [0.29, 0.717) is 17.9 Å². The molecule has 0 aliphatic heterocycles. The minimum absolute atomic E-state index is 0.0884. The Balaban J connectivity index is 2.47. The average molecular weight is 251 g/mol. The molecular weight excluding hydrogens is 234 g/mol. The average Bonchev–Trinajstić information content (AvgIpc) is 2.28. The molecule has 0 heterocycles. The molecule has 0 bridgehead atoms. The Morgan fingerprint density at radius 3 is 2.44 bits per heavy atom. The van der Waals surface area contributed by atoms with Crippen molar-refractivity contribution in [2.45, 2.75) is 32.8 Å². The van der Waals surface area contributed by atoms with Gasteiger partial charge in [0.05, 0.1) is 6.10 Å². The van der Waals surface area contributed by atoms with Crippen LogP contribution in [0.4, 0.5) is 5.69 Å². The lowest BCUT2D eigenvalue weighted by Gasteiger charge is -2.14. The third-order valence-corrected chi connectivity index (χ3v) is 2.28. The van der Waals surface area contributed by atoms with Crippen LogP contribution in [0.15, 0.2) is 24.3 Å². The zero-order valence-electron chi connectivity index (χ0n) is 10.5. The highest BCUT2D eigenvalue weighted by Gasteiger charge is 2.07. The summed E-state index contributed by atoms with van der Waals surface area (Å²) in [6.07, 6.45) is 0.390. The van der Waals surface area contributed by atoms with Crippen LogP contribution in [0.25, 0.3) is 0 Å². The number of nitrogens with one attached hydrogen (secondary N) is 1. The second-order valence-corrected chi connectivity index (χ2v) is 4.07. The molecule has 0 saturated heterocycles. The molecule has 0 aliphatic rings. The van der Waals surface area contributed by atoms with E-state index < -0.39 is 5.97 Å². The molecule has 0 aliphatic carbocycles. The first-order chi connectivity index (χ1) is 8.47. The lowest BCUT2D eigenvalue weighted by atomic mass is 10.2. The minimum Gasteiger partial charge on any atom is -0.491 e. The first-order valence-corrected chi connectivity index (χ1v) is 5.73. The number of ether oxygens (including phenoxy) is 1. The fourth-order valence-corrected chi connectivity index (χ4v) is 1.44. The first-order valence-electron chi connectivity index (χ1n) is 5.73. The molecule has 1 aromatic carbocycles. The van der Waals surface area contributed by atoms with E-state index in [-0.39, 0.29) is 18.4 Å². The van der Waals surface area contributed by atoms with Gasteiger partial charge < -0.3 is 15.2 Å². The van der Waals surface area contributed by atoms with Gasteiger partial charge in [0.1, 0.15) is 5.75 Å². The fraction of sp³-hybridized carbons (Fsp3) is 0.385. The van der Waals surface area contributed by atoms with Crippen LogP contribution in [0.2, 0.25) is 0 Å². The molecule has 18 heavy (non-hydrogen) atoms. The van der Waals surface area contributed by atoms with Gasteiger partial charge in [0.2, 0.25) is 5.91 Å². The van der Waals surface area contributed by atoms with Gasteiger partial charge in [-0.05, 0) is 37.6 Å². The van der Waals surface area contributed by atoms with Crippen LogP contribution in [0, 0.1) is 0 Å². The Bertz CT molecular complexity index is 414. The van der Waals surface area contributed by atoms with E-state index in [1.165, 1.54) is 6.92 Å². The van der Waals surface area contributed by atoms with Crippen molar-refractivity contribution < 1.29 is 19.4 Å². The van der Waals surface area contributed by atoms with Gasteiger partial charge in [-0.15, -0.1) is 0 Å². The lowest BCUT2D eigenvalue weighted by Crippen LogP contribution is -2.13. The number of hydrogen-bond acceptors (Lipinski definition) is 3. The van der Waals surface area contributed by atoms with Crippen molar-refractivity contribution in [2.75, 3.05) is 5.32 Å². The number of hydrogen-bond donors (Lipinski definition) is 2. The molecule has 1 unspecified atom stereocenters. The quantitative estimate of drug-likeness (QED) is 0.813. The number of benzene rings is 1. The molecule has 5 heteroatoms. The molecule has 2 N–H and O–H groups in total. The maximum atomic E-state index is 10.8. The van der Waals surface area contributed by atoms with Gasteiger partial charge in [-0.3, -0.25) is 9.59 Å². The normalized spacial score (nSPS) is 11.7. The summed E-state index contributed by atoms with van der Waals surface area (Å²) in [6.45, 7) is 3.27. The van der Waals surface area contributed by atoms with Gasteiger partial charge >= 0.3 is 5.97 Å². The highest BCUT2D eigenvalue weighted by molar-refractivity contribution is 5.88. The Morgan fingerprint density at radius 1 is 1.33 bits per heavy atom. The van der Waals surface area contributed by atoms with Gasteiger partial charge in [-0.1, -0.05) is 0 Å². The van der Waals surface area contributed by atoms with Crippen molar-refractivity contribution in [2.24, 2.45) is 0 Å². The second kappa shape index (κ2) is 6.64. The zero-order chi connectivity index (χ0) is 13.5. The van der Waals surface area contributed by atoms with Crippen molar-refractivity contribution >= 4 is 17.6 Å². The van der Waals surface area contributed by atoms with Crippen LogP contribution in [0.3, 0.4) is 0 Å². The molecule has 1 aromatic rings. The number of amides is 1. The van der Waals surface area contributed by atoms with Crippen molar-refractivity contribution in [1.29, 1.82) is 0 Å². The molecular formula is C13H17NO4. The van der Waals surface area contributed by atoms with E-state index >= 15 is 0 Å². The molecule has 1 amide bonds. The number of aliphatic carboxylic acids is 1. The molecule has 0 spiro atoms. The van der Waals surface area contributed by atoms with Crippen molar-refractivity contribution in [3.63, 3.8) is 0 Å². The van der Waals surface area contributed by atoms with E-state index in [1.807, 2.05) is 6.92 Å². The van der Waals surface area contributed by atoms with Crippen molar-refractivity contribution in [3.8, 4) is 5.75 Å². The number of anilines is 1. The predicted molar refractivity (Wildman–Crippen MR) is 67.7 cm³/mol. The highest BCUT2D eigenvalue weighted by atomic mass is 16.5. The molecule has 5 nitrogen and oxygen atoms in total. The van der Waals surface area contributed by atoms with Crippen LogP contribution < -0.4 is 10.1 Å². The third kappa shape index (κ3) is 5.34. The smallest absolute Gasteiger partial charge is 0.303 e. The Kier molecular flexibility index (Phi) is 5.17. The summed E-state index contributed by atoms with van der Waals surface area (Å²) in [6, 6.07) is 6.95. The summed E-state index contributed by atoms with van der Waals surface area (Å²) in [4.78, 5) is 21.2. The van der Waals surface area contributed by atoms with Gasteiger partial charge in [-0.2, -0.15) is 0 Å². The van der Waals surface area contributed by atoms with Crippen LogP contribution in [0.1, 0.15) is 26.7 Å². The lowest BCUT2D eigenvalue weighted by molar-refractivity contribution is -0.137.